The Labute approximate surface area is 106 Å². The van der Waals surface area contributed by atoms with Crippen LogP contribution in [-0.2, 0) is 6.42 Å². The summed E-state index contributed by atoms with van der Waals surface area (Å²) < 4.78 is 0. The molecule has 2 N–H and O–H groups in total. The number of aromatic amines is 1. The van der Waals surface area contributed by atoms with Crippen LogP contribution < -0.4 is 5.32 Å². The minimum Gasteiger partial charge on any atom is -0.341 e. The summed E-state index contributed by atoms with van der Waals surface area (Å²) in [6, 6.07) is 2.04. The van der Waals surface area contributed by atoms with Gasteiger partial charge < -0.3 is 10.3 Å². The highest BCUT2D eigenvalue weighted by Crippen LogP contribution is 2.17. The molecule has 0 saturated carbocycles. The number of imidazole rings is 1. The van der Waals surface area contributed by atoms with Crippen molar-refractivity contribution < 1.29 is 0 Å². The van der Waals surface area contributed by atoms with Gasteiger partial charge in [-0.3, -0.25) is 0 Å². The Morgan fingerprint density at radius 2 is 2.28 bits per heavy atom. The fourth-order valence-corrected chi connectivity index (χ4v) is 2.37. The molecule has 3 heterocycles. The van der Waals surface area contributed by atoms with Gasteiger partial charge >= 0.3 is 0 Å². The molecule has 1 saturated heterocycles. The first kappa shape index (κ1) is 11.3. The molecule has 5 nitrogen and oxygen atoms in total. The quantitative estimate of drug-likeness (QED) is 0.853. The Bertz CT molecular complexity index is 528. The topological polar surface area (TPSA) is 66.5 Å². The second-order valence-corrected chi connectivity index (χ2v) is 4.87. The third-order valence-electron chi connectivity index (χ3n) is 3.33. The summed E-state index contributed by atoms with van der Waals surface area (Å²) in [4.78, 5) is 16.1. The van der Waals surface area contributed by atoms with E-state index >= 15 is 0 Å². The van der Waals surface area contributed by atoms with Crippen LogP contribution in [0.2, 0.25) is 0 Å². The van der Waals surface area contributed by atoms with Crippen LogP contribution in [-0.4, -0.2) is 33.0 Å². The van der Waals surface area contributed by atoms with Gasteiger partial charge in [0, 0.05) is 17.6 Å². The summed E-state index contributed by atoms with van der Waals surface area (Å²) in [5.41, 5.74) is 3.02. The number of nitrogens with one attached hydrogen (secondary N) is 2. The molecular weight excluding hydrogens is 226 g/mol. The van der Waals surface area contributed by atoms with Crippen molar-refractivity contribution in [3.05, 3.63) is 30.0 Å². The van der Waals surface area contributed by atoms with E-state index in [9.17, 15) is 0 Å². The monoisotopic (exact) mass is 243 g/mol. The second-order valence-electron chi connectivity index (χ2n) is 4.87. The summed E-state index contributed by atoms with van der Waals surface area (Å²) in [5, 5.41) is 3.38. The van der Waals surface area contributed by atoms with Gasteiger partial charge in [-0.05, 0) is 44.8 Å². The highest BCUT2D eigenvalue weighted by atomic mass is 15.0. The van der Waals surface area contributed by atoms with Gasteiger partial charge in [0.2, 0.25) is 0 Å². The normalized spacial score (nSPS) is 19.3. The molecule has 0 amide bonds. The highest BCUT2D eigenvalue weighted by Gasteiger charge is 2.16. The van der Waals surface area contributed by atoms with Crippen molar-refractivity contribution >= 4 is 0 Å². The van der Waals surface area contributed by atoms with E-state index in [1.165, 1.54) is 6.42 Å². The standard InChI is InChI=1S/C13H17N5/c1-9-6-15-13(18-9)12-5-11(16-8-17-12)4-10-2-3-14-7-10/h5-6,8,10,14H,2-4,7H2,1H3,(H,15,18)/t10-/m1/s1. The number of hydrogen-bond donors (Lipinski definition) is 2. The molecule has 1 aliphatic rings. The number of rotatable bonds is 3. The second kappa shape index (κ2) is 4.86. The number of hydrogen-bond acceptors (Lipinski definition) is 4. The van der Waals surface area contributed by atoms with Crippen molar-refractivity contribution in [1.82, 2.24) is 25.3 Å². The molecule has 1 atom stereocenters. The number of aromatic nitrogens is 4. The molecule has 0 spiro atoms. The van der Waals surface area contributed by atoms with Gasteiger partial charge in [0.25, 0.3) is 0 Å². The number of nitrogens with zero attached hydrogens (tertiary/aromatic N) is 3. The molecule has 0 radical (unpaired) electrons. The Morgan fingerprint density at radius 3 is 3.00 bits per heavy atom. The molecule has 0 aliphatic carbocycles. The lowest BCUT2D eigenvalue weighted by Crippen LogP contribution is -2.11. The largest absolute Gasteiger partial charge is 0.341 e. The zero-order valence-electron chi connectivity index (χ0n) is 10.5. The molecule has 2 aromatic rings. The minimum absolute atomic E-state index is 0.700. The lowest BCUT2D eigenvalue weighted by atomic mass is 10.0. The third kappa shape index (κ3) is 2.41. The van der Waals surface area contributed by atoms with E-state index in [4.69, 9.17) is 0 Å². The molecule has 5 heteroatoms. The molecule has 2 aromatic heterocycles. The SMILES string of the molecule is Cc1cnc(-c2cc(C[C@H]3CCNC3)ncn2)[nH]1. The third-order valence-corrected chi connectivity index (χ3v) is 3.33. The Hall–Kier alpha value is -1.75. The lowest BCUT2D eigenvalue weighted by Gasteiger charge is -2.07. The smallest absolute Gasteiger partial charge is 0.156 e. The first-order valence-corrected chi connectivity index (χ1v) is 6.35. The summed E-state index contributed by atoms with van der Waals surface area (Å²) >= 11 is 0. The molecule has 0 aromatic carbocycles. The van der Waals surface area contributed by atoms with E-state index in [0.29, 0.717) is 5.92 Å². The first-order valence-electron chi connectivity index (χ1n) is 6.35. The van der Waals surface area contributed by atoms with Crippen molar-refractivity contribution in [2.24, 2.45) is 5.92 Å². The van der Waals surface area contributed by atoms with Crippen molar-refractivity contribution in [2.45, 2.75) is 19.8 Å². The van der Waals surface area contributed by atoms with Crippen LogP contribution >= 0.6 is 0 Å². The van der Waals surface area contributed by atoms with Crippen LogP contribution in [0.3, 0.4) is 0 Å². The van der Waals surface area contributed by atoms with Crippen LogP contribution in [0.5, 0.6) is 0 Å². The van der Waals surface area contributed by atoms with Gasteiger partial charge in [-0.15, -0.1) is 0 Å². The molecule has 3 rings (SSSR count). The van der Waals surface area contributed by atoms with Crippen molar-refractivity contribution in [1.29, 1.82) is 0 Å². The summed E-state index contributed by atoms with van der Waals surface area (Å²) in [6.07, 6.45) is 5.70. The van der Waals surface area contributed by atoms with Crippen LogP contribution in [0.1, 0.15) is 17.8 Å². The average Bonchev–Trinajstić information content (AvgIpc) is 3.01. The van der Waals surface area contributed by atoms with Crippen molar-refractivity contribution in [3.8, 4) is 11.5 Å². The van der Waals surface area contributed by atoms with Gasteiger partial charge in [0.1, 0.15) is 12.0 Å². The van der Waals surface area contributed by atoms with E-state index in [2.05, 4.69) is 25.3 Å². The molecule has 1 fully saturated rings. The Morgan fingerprint density at radius 1 is 1.33 bits per heavy atom. The summed E-state index contributed by atoms with van der Waals surface area (Å²) in [5.74, 6) is 1.52. The maximum Gasteiger partial charge on any atom is 0.156 e. The van der Waals surface area contributed by atoms with Gasteiger partial charge in [-0.25, -0.2) is 15.0 Å². The van der Waals surface area contributed by atoms with Crippen LogP contribution in [0.15, 0.2) is 18.6 Å². The molecular formula is C13H17N5. The van der Waals surface area contributed by atoms with E-state index in [1.54, 1.807) is 6.33 Å². The zero-order chi connectivity index (χ0) is 12.4. The highest BCUT2D eigenvalue weighted by molar-refractivity contribution is 5.49. The van der Waals surface area contributed by atoms with Gasteiger partial charge in [-0.2, -0.15) is 0 Å². The maximum absolute atomic E-state index is 4.35. The minimum atomic E-state index is 0.700. The fraction of sp³-hybridized carbons (Fsp3) is 0.462. The summed E-state index contributed by atoms with van der Waals surface area (Å²) in [7, 11) is 0. The van der Waals surface area contributed by atoms with E-state index in [-0.39, 0.29) is 0 Å². The van der Waals surface area contributed by atoms with Crippen molar-refractivity contribution in [2.75, 3.05) is 13.1 Å². The average molecular weight is 243 g/mol. The van der Waals surface area contributed by atoms with E-state index < -0.39 is 0 Å². The fourth-order valence-electron chi connectivity index (χ4n) is 2.37. The predicted molar refractivity (Wildman–Crippen MR) is 69.0 cm³/mol. The lowest BCUT2D eigenvalue weighted by molar-refractivity contribution is 0.571. The molecule has 0 bridgehead atoms. The van der Waals surface area contributed by atoms with Crippen LogP contribution in [0.4, 0.5) is 0 Å². The van der Waals surface area contributed by atoms with Gasteiger partial charge in [0.15, 0.2) is 5.82 Å². The van der Waals surface area contributed by atoms with Gasteiger partial charge in [0.05, 0.1) is 0 Å². The Kier molecular flexibility index (Phi) is 3.06. The Balaban J connectivity index is 1.80. The summed E-state index contributed by atoms with van der Waals surface area (Å²) in [6.45, 7) is 4.21. The zero-order valence-corrected chi connectivity index (χ0v) is 10.5. The van der Waals surface area contributed by atoms with Gasteiger partial charge in [-0.1, -0.05) is 0 Å². The van der Waals surface area contributed by atoms with Crippen LogP contribution in [0, 0.1) is 12.8 Å². The maximum atomic E-state index is 4.35. The predicted octanol–water partition coefficient (Wildman–Crippen LogP) is 1.33. The van der Waals surface area contributed by atoms with Crippen LogP contribution in [0.25, 0.3) is 11.5 Å². The van der Waals surface area contributed by atoms with E-state index in [1.807, 2.05) is 19.2 Å². The number of aryl methyl sites for hydroxylation is 1. The number of H-pyrrole nitrogens is 1. The van der Waals surface area contributed by atoms with Crippen molar-refractivity contribution in [3.63, 3.8) is 0 Å². The molecule has 94 valence electrons. The molecule has 18 heavy (non-hydrogen) atoms. The molecule has 0 unspecified atom stereocenters. The first-order chi connectivity index (χ1) is 8.81. The molecule has 1 aliphatic heterocycles. The van der Waals surface area contributed by atoms with E-state index in [0.717, 1.165) is 42.4 Å².